The lowest BCUT2D eigenvalue weighted by molar-refractivity contribution is -0.141. The molecule has 0 aromatic carbocycles. The van der Waals surface area contributed by atoms with E-state index in [4.69, 9.17) is 0 Å². The first-order valence-electron chi connectivity index (χ1n) is 6.38. The van der Waals surface area contributed by atoms with Crippen LogP contribution in [0.25, 0.3) is 0 Å². The van der Waals surface area contributed by atoms with Crippen molar-refractivity contribution in [1.82, 2.24) is 10.2 Å². The van der Waals surface area contributed by atoms with Crippen LogP contribution in [0, 0.1) is 5.92 Å². The molecule has 4 fully saturated rings. The summed E-state index contributed by atoms with van der Waals surface area (Å²) in [5.74, 6) is 0.827. The molecule has 4 aliphatic rings. The molecule has 15 heavy (non-hydrogen) atoms. The van der Waals surface area contributed by atoms with Gasteiger partial charge in [-0.2, -0.15) is 0 Å². The zero-order valence-corrected chi connectivity index (χ0v) is 9.24. The molecule has 1 aliphatic carbocycles. The molecule has 3 aliphatic heterocycles. The highest BCUT2D eigenvalue weighted by molar-refractivity contribution is 5.79. The van der Waals surface area contributed by atoms with E-state index in [-0.39, 0.29) is 0 Å². The minimum Gasteiger partial charge on any atom is -0.337 e. The fourth-order valence-corrected chi connectivity index (χ4v) is 3.39. The monoisotopic (exact) mass is 208 g/mol. The van der Waals surface area contributed by atoms with Gasteiger partial charge in [0, 0.05) is 31.1 Å². The number of hydrogen-bond acceptors (Lipinski definition) is 2. The van der Waals surface area contributed by atoms with Crippen LogP contribution in [0.2, 0.25) is 0 Å². The molecule has 0 aromatic rings. The Morgan fingerprint density at radius 1 is 1.13 bits per heavy atom. The second-order valence-corrected chi connectivity index (χ2v) is 5.31. The van der Waals surface area contributed by atoms with Crippen molar-refractivity contribution >= 4 is 5.91 Å². The molecule has 2 bridgehead atoms. The maximum Gasteiger partial charge on any atom is 0.226 e. The van der Waals surface area contributed by atoms with E-state index in [0.29, 0.717) is 23.9 Å². The predicted octanol–water partition coefficient (Wildman–Crippen LogP) is 1.14. The van der Waals surface area contributed by atoms with Crippen molar-refractivity contribution < 1.29 is 4.79 Å². The minimum atomic E-state index is 0.365. The number of nitrogens with zero attached hydrogens (tertiary/aromatic N) is 1. The molecule has 2 atom stereocenters. The number of nitrogens with one attached hydrogen (secondary N) is 1. The summed E-state index contributed by atoms with van der Waals surface area (Å²) in [4.78, 5) is 14.5. The van der Waals surface area contributed by atoms with Crippen molar-refractivity contribution in [1.29, 1.82) is 0 Å². The number of carbonyl (C=O) groups is 1. The molecule has 3 heteroatoms. The largest absolute Gasteiger partial charge is 0.337 e. The van der Waals surface area contributed by atoms with Crippen molar-refractivity contribution in [2.45, 2.75) is 50.6 Å². The Labute approximate surface area is 91.2 Å². The molecule has 4 rings (SSSR count). The van der Waals surface area contributed by atoms with E-state index >= 15 is 0 Å². The fourth-order valence-electron chi connectivity index (χ4n) is 3.39. The van der Waals surface area contributed by atoms with Gasteiger partial charge in [0.05, 0.1) is 0 Å². The van der Waals surface area contributed by atoms with Gasteiger partial charge in [-0.15, -0.1) is 0 Å². The molecule has 1 saturated carbocycles. The second kappa shape index (κ2) is 3.78. The molecule has 3 nitrogen and oxygen atoms in total. The molecule has 1 amide bonds. The van der Waals surface area contributed by atoms with Gasteiger partial charge < -0.3 is 10.2 Å². The van der Waals surface area contributed by atoms with Crippen LogP contribution in [-0.2, 0) is 4.79 Å². The summed E-state index contributed by atoms with van der Waals surface area (Å²) in [5, 5.41) is 3.50. The maximum absolute atomic E-state index is 12.3. The van der Waals surface area contributed by atoms with E-state index in [0.717, 1.165) is 25.9 Å². The fraction of sp³-hybridized carbons (Fsp3) is 0.917. The third-order valence-electron chi connectivity index (χ3n) is 4.34. The smallest absolute Gasteiger partial charge is 0.226 e. The van der Waals surface area contributed by atoms with Crippen LogP contribution in [-0.4, -0.2) is 36.0 Å². The number of carbonyl (C=O) groups excluding carboxylic acids is 1. The van der Waals surface area contributed by atoms with E-state index in [1.807, 2.05) is 0 Å². The summed E-state index contributed by atoms with van der Waals surface area (Å²) >= 11 is 0. The van der Waals surface area contributed by atoms with Gasteiger partial charge in [-0.3, -0.25) is 4.79 Å². The number of hydrogen-bond donors (Lipinski definition) is 1. The molecule has 2 unspecified atom stereocenters. The van der Waals surface area contributed by atoms with Gasteiger partial charge in [0.1, 0.15) is 0 Å². The number of fused-ring (bicyclic) bond motifs is 3. The zero-order valence-electron chi connectivity index (χ0n) is 9.24. The van der Waals surface area contributed by atoms with Gasteiger partial charge >= 0.3 is 0 Å². The van der Waals surface area contributed by atoms with Crippen molar-refractivity contribution in [3.8, 4) is 0 Å². The molecule has 1 N–H and O–H groups in total. The average molecular weight is 208 g/mol. The van der Waals surface area contributed by atoms with Gasteiger partial charge in [0.2, 0.25) is 5.91 Å². The van der Waals surface area contributed by atoms with Gasteiger partial charge in [0.25, 0.3) is 0 Å². The number of piperazine rings is 1. The first-order chi connectivity index (χ1) is 7.34. The predicted molar refractivity (Wildman–Crippen MR) is 58.5 cm³/mol. The third-order valence-corrected chi connectivity index (χ3v) is 4.34. The van der Waals surface area contributed by atoms with Gasteiger partial charge in [0.15, 0.2) is 0 Å². The Hall–Kier alpha value is -0.570. The summed E-state index contributed by atoms with van der Waals surface area (Å²) in [6.07, 6.45) is 7.28. The van der Waals surface area contributed by atoms with E-state index in [1.165, 1.54) is 25.7 Å². The maximum atomic E-state index is 12.3. The van der Waals surface area contributed by atoms with Crippen LogP contribution >= 0.6 is 0 Å². The van der Waals surface area contributed by atoms with E-state index < -0.39 is 0 Å². The van der Waals surface area contributed by atoms with E-state index in [1.54, 1.807) is 0 Å². The van der Waals surface area contributed by atoms with Crippen LogP contribution in [0.5, 0.6) is 0 Å². The summed E-state index contributed by atoms with van der Waals surface area (Å²) in [5.41, 5.74) is 0. The zero-order chi connectivity index (χ0) is 10.3. The van der Waals surface area contributed by atoms with Gasteiger partial charge in [-0.1, -0.05) is 12.8 Å². The highest BCUT2D eigenvalue weighted by Gasteiger charge is 2.38. The third kappa shape index (κ3) is 1.67. The lowest BCUT2D eigenvalue weighted by Crippen LogP contribution is -2.63. The van der Waals surface area contributed by atoms with Gasteiger partial charge in [-0.25, -0.2) is 0 Å². The van der Waals surface area contributed by atoms with Crippen LogP contribution in [0.4, 0.5) is 0 Å². The molecule has 3 heterocycles. The highest BCUT2D eigenvalue weighted by atomic mass is 16.2. The second-order valence-electron chi connectivity index (χ2n) is 5.31. The lowest BCUT2D eigenvalue weighted by Gasteiger charge is -2.46. The van der Waals surface area contributed by atoms with Crippen LogP contribution in [0.1, 0.15) is 38.5 Å². The summed E-state index contributed by atoms with van der Waals surface area (Å²) in [6.45, 7) is 2.00. The van der Waals surface area contributed by atoms with Gasteiger partial charge in [-0.05, 0) is 25.7 Å². The molecule has 0 radical (unpaired) electrons. The molecule has 0 spiro atoms. The summed E-state index contributed by atoms with van der Waals surface area (Å²) in [6, 6.07) is 1.09. The molecule has 0 aromatic heterocycles. The SMILES string of the molecule is O=C(C1CCCC1)N1CC2CCC1CN2. The quantitative estimate of drug-likeness (QED) is 0.701. The van der Waals surface area contributed by atoms with Crippen molar-refractivity contribution in [2.75, 3.05) is 13.1 Å². The van der Waals surface area contributed by atoms with Crippen LogP contribution in [0.15, 0.2) is 0 Å². The Kier molecular flexibility index (Phi) is 2.43. The lowest BCUT2D eigenvalue weighted by atomic mass is 9.91. The first-order valence-corrected chi connectivity index (χ1v) is 6.38. The van der Waals surface area contributed by atoms with E-state index in [2.05, 4.69) is 10.2 Å². The summed E-state index contributed by atoms with van der Waals surface area (Å²) < 4.78 is 0. The summed E-state index contributed by atoms with van der Waals surface area (Å²) in [7, 11) is 0. The van der Waals surface area contributed by atoms with Crippen LogP contribution < -0.4 is 5.32 Å². The number of amides is 1. The molecule has 84 valence electrons. The van der Waals surface area contributed by atoms with Crippen molar-refractivity contribution in [3.63, 3.8) is 0 Å². The highest BCUT2D eigenvalue weighted by Crippen LogP contribution is 2.30. The van der Waals surface area contributed by atoms with Crippen molar-refractivity contribution in [2.24, 2.45) is 5.92 Å². The molecular weight excluding hydrogens is 188 g/mol. The first kappa shape index (κ1) is 9.64. The van der Waals surface area contributed by atoms with E-state index in [9.17, 15) is 4.79 Å². The Balaban J connectivity index is 1.68. The molecular formula is C12H20N2O. The van der Waals surface area contributed by atoms with Crippen molar-refractivity contribution in [3.05, 3.63) is 0 Å². The normalized spacial score (nSPS) is 36.1. The minimum absolute atomic E-state index is 0.365. The average Bonchev–Trinajstić information content (AvgIpc) is 2.83. The number of rotatable bonds is 1. The topological polar surface area (TPSA) is 32.3 Å². The Bertz CT molecular complexity index is 252. The number of piperidine rings is 2. The standard InChI is InChI=1S/C12H20N2O/c15-12(9-3-1-2-4-9)14-8-10-5-6-11(14)7-13-10/h9-11,13H,1-8H2. The van der Waals surface area contributed by atoms with Crippen LogP contribution in [0.3, 0.4) is 0 Å². The molecule has 3 saturated heterocycles. The Morgan fingerprint density at radius 2 is 1.93 bits per heavy atom. The Morgan fingerprint density at radius 3 is 2.47 bits per heavy atom.